The smallest absolute Gasteiger partial charge is 0.134 e. The summed E-state index contributed by atoms with van der Waals surface area (Å²) in [5.74, 6) is 1.96. The van der Waals surface area contributed by atoms with E-state index in [1.54, 1.807) is 0 Å². The van der Waals surface area contributed by atoms with Crippen molar-refractivity contribution in [1.29, 1.82) is 0 Å². The fourth-order valence-electron chi connectivity index (χ4n) is 2.21. The average molecular weight is 243 g/mol. The molecule has 0 aliphatic carbocycles. The first-order valence-electron chi connectivity index (χ1n) is 6.67. The van der Waals surface area contributed by atoms with E-state index in [1.165, 1.54) is 11.1 Å². The number of aryl methyl sites for hydroxylation is 1. The Morgan fingerprint density at radius 3 is 2.61 bits per heavy atom. The van der Waals surface area contributed by atoms with Gasteiger partial charge in [-0.2, -0.15) is 0 Å². The Morgan fingerprint density at radius 1 is 1.11 bits per heavy atom. The van der Waals surface area contributed by atoms with E-state index in [2.05, 4.69) is 62.5 Å². The molecule has 0 aliphatic heterocycles. The van der Waals surface area contributed by atoms with E-state index in [4.69, 9.17) is 4.42 Å². The maximum absolute atomic E-state index is 5.96. The molecule has 2 rings (SSSR count). The van der Waals surface area contributed by atoms with E-state index in [0.29, 0.717) is 0 Å². The maximum atomic E-state index is 5.96. The van der Waals surface area contributed by atoms with E-state index < -0.39 is 0 Å². The van der Waals surface area contributed by atoms with E-state index >= 15 is 0 Å². The predicted octanol–water partition coefficient (Wildman–Crippen LogP) is 4.18. The summed E-state index contributed by atoms with van der Waals surface area (Å²) in [6, 6.07) is 12.8. The highest BCUT2D eigenvalue weighted by Crippen LogP contribution is 2.28. The summed E-state index contributed by atoms with van der Waals surface area (Å²) in [7, 11) is 0. The molecule has 0 fully saturated rings. The van der Waals surface area contributed by atoms with Crippen LogP contribution in [0.25, 0.3) is 11.3 Å². The molecule has 1 aromatic carbocycles. The highest BCUT2D eigenvalue weighted by molar-refractivity contribution is 5.62. The molecule has 2 nitrogen and oxygen atoms in total. The molecule has 1 unspecified atom stereocenters. The molecule has 1 N–H and O–H groups in total. The van der Waals surface area contributed by atoms with Crippen LogP contribution in [0.2, 0.25) is 0 Å². The first-order chi connectivity index (χ1) is 8.76. The second-order valence-electron chi connectivity index (χ2n) is 4.49. The first kappa shape index (κ1) is 12.9. The van der Waals surface area contributed by atoms with Gasteiger partial charge < -0.3 is 9.73 Å². The van der Waals surface area contributed by atoms with Crippen LogP contribution in [-0.4, -0.2) is 6.54 Å². The van der Waals surface area contributed by atoms with Crippen molar-refractivity contribution in [3.63, 3.8) is 0 Å². The van der Waals surface area contributed by atoms with Crippen molar-refractivity contribution in [2.45, 2.75) is 33.2 Å². The van der Waals surface area contributed by atoms with E-state index in [1.807, 2.05) is 0 Å². The van der Waals surface area contributed by atoms with Crippen molar-refractivity contribution in [1.82, 2.24) is 5.32 Å². The van der Waals surface area contributed by atoms with E-state index in [-0.39, 0.29) is 6.04 Å². The number of rotatable bonds is 5. The standard InChI is InChI=1S/C16H21NO/c1-4-13-8-6-7-9-14(13)16-11-10-15(18-16)12(3)17-5-2/h6-12,17H,4-5H2,1-3H3. The van der Waals surface area contributed by atoms with Crippen LogP contribution < -0.4 is 5.32 Å². The van der Waals surface area contributed by atoms with Crippen molar-refractivity contribution in [2.24, 2.45) is 0 Å². The van der Waals surface area contributed by atoms with Crippen molar-refractivity contribution in [2.75, 3.05) is 6.54 Å². The summed E-state index contributed by atoms with van der Waals surface area (Å²) in [6.45, 7) is 7.34. The van der Waals surface area contributed by atoms with Gasteiger partial charge in [-0.3, -0.25) is 0 Å². The molecule has 1 atom stereocenters. The summed E-state index contributed by atoms with van der Waals surface area (Å²) in [6.07, 6.45) is 1.02. The van der Waals surface area contributed by atoms with Crippen LogP contribution >= 0.6 is 0 Å². The molecule has 0 aliphatic rings. The molecule has 0 saturated heterocycles. The SMILES string of the molecule is CCNC(C)c1ccc(-c2ccccc2CC)o1. The van der Waals surface area contributed by atoms with Gasteiger partial charge in [0.25, 0.3) is 0 Å². The number of benzene rings is 1. The minimum Gasteiger partial charge on any atom is -0.459 e. The quantitative estimate of drug-likeness (QED) is 0.852. The topological polar surface area (TPSA) is 25.2 Å². The monoisotopic (exact) mass is 243 g/mol. The zero-order chi connectivity index (χ0) is 13.0. The molecule has 18 heavy (non-hydrogen) atoms. The van der Waals surface area contributed by atoms with Crippen molar-refractivity contribution < 1.29 is 4.42 Å². The number of nitrogens with one attached hydrogen (secondary N) is 1. The highest BCUT2D eigenvalue weighted by atomic mass is 16.3. The zero-order valence-electron chi connectivity index (χ0n) is 11.4. The van der Waals surface area contributed by atoms with Crippen LogP contribution in [0.5, 0.6) is 0 Å². The zero-order valence-corrected chi connectivity index (χ0v) is 11.4. The van der Waals surface area contributed by atoms with Crippen LogP contribution in [0.15, 0.2) is 40.8 Å². The van der Waals surface area contributed by atoms with Gasteiger partial charge in [0.05, 0.1) is 6.04 Å². The molecule has 0 spiro atoms. The van der Waals surface area contributed by atoms with Gasteiger partial charge in [0.15, 0.2) is 0 Å². The number of hydrogen-bond donors (Lipinski definition) is 1. The molecule has 0 saturated carbocycles. The summed E-state index contributed by atoms with van der Waals surface area (Å²) in [5, 5.41) is 3.36. The second kappa shape index (κ2) is 5.87. The van der Waals surface area contributed by atoms with Crippen molar-refractivity contribution >= 4 is 0 Å². The Labute approximate surface area is 109 Å². The van der Waals surface area contributed by atoms with Crippen molar-refractivity contribution in [3.05, 3.63) is 47.7 Å². The lowest BCUT2D eigenvalue weighted by atomic mass is 10.0. The minimum absolute atomic E-state index is 0.262. The van der Waals surface area contributed by atoms with Gasteiger partial charge in [0.2, 0.25) is 0 Å². The molecule has 2 heteroatoms. The summed E-state index contributed by atoms with van der Waals surface area (Å²) >= 11 is 0. The molecule has 0 radical (unpaired) electrons. The third kappa shape index (κ3) is 2.65. The fraction of sp³-hybridized carbons (Fsp3) is 0.375. The minimum atomic E-state index is 0.262. The van der Waals surface area contributed by atoms with Gasteiger partial charge in [-0.05, 0) is 37.6 Å². The molecule has 96 valence electrons. The van der Waals surface area contributed by atoms with Crippen LogP contribution in [-0.2, 0) is 6.42 Å². The summed E-state index contributed by atoms with van der Waals surface area (Å²) in [5.41, 5.74) is 2.53. The van der Waals surface area contributed by atoms with Gasteiger partial charge in [-0.25, -0.2) is 0 Å². The Morgan fingerprint density at radius 2 is 1.89 bits per heavy atom. The third-order valence-corrected chi connectivity index (χ3v) is 3.23. The van der Waals surface area contributed by atoms with Gasteiger partial charge in [-0.1, -0.05) is 38.1 Å². The van der Waals surface area contributed by atoms with Gasteiger partial charge in [0, 0.05) is 5.56 Å². The van der Waals surface area contributed by atoms with E-state index in [0.717, 1.165) is 24.5 Å². The molecule has 1 heterocycles. The summed E-state index contributed by atoms with van der Waals surface area (Å²) < 4.78 is 5.96. The Balaban J connectivity index is 2.29. The van der Waals surface area contributed by atoms with E-state index in [9.17, 15) is 0 Å². The molecule has 0 bridgehead atoms. The second-order valence-corrected chi connectivity index (χ2v) is 4.49. The van der Waals surface area contributed by atoms with Gasteiger partial charge in [-0.15, -0.1) is 0 Å². The maximum Gasteiger partial charge on any atom is 0.134 e. The van der Waals surface area contributed by atoms with Crippen LogP contribution in [0.4, 0.5) is 0 Å². The number of hydrogen-bond acceptors (Lipinski definition) is 2. The number of furan rings is 1. The Hall–Kier alpha value is -1.54. The molecular weight excluding hydrogens is 222 g/mol. The molecule has 1 aromatic heterocycles. The molecule has 0 amide bonds. The average Bonchev–Trinajstić information content (AvgIpc) is 2.88. The van der Waals surface area contributed by atoms with Crippen LogP contribution in [0, 0.1) is 0 Å². The van der Waals surface area contributed by atoms with Crippen LogP contribution in [0.1, 0.15) is 38.1 Å². The predicted molar refractivity (Wildman–Crippen MR) is 75.6 cm³/mol. The first-order valence-corrected chi connectivity index (χ1v) is 6.67. The van der Waals surface area contributed by atoms with Crippen molar-refractivity contribution in [3.8, 4) is 11.3 Å². The fourth-order valence-corrected chi connectivity index (χ4v) is 2.21. The Kier molecular flexibility index (Phi) is 4.21. The third-order valence-electron chi connectivity index (χ3n) is 3.23. The van der Waals surface area contributed by atoms with Gasteiger partial charge in [0.1, 0.15) is 11.5 Å². The lowest BCUT2D eigenvalue weighted by Gasteiger charge is -2.09. The Bertz CT molecular complexity index is 501. The normalized spacial score (nSPS) is 12.6. The lowest BCUT2D eigenvalue weighted by Crippen LogP contribution is -2.16. The lowest BCUT2D eigenvalue weighted by molar-refractivity contribution is 0.445. The largest absolute Gasteiger partial charge is 0.459 e. The van der Waals surface area contributed by atoms with Gasteiger partial charge >= 0.3 is 0 Å². The molecular formula is C16H21NO. The highest BCUT2D eigenvalue weighted by Gasteiger charge is 2.11. The molecule has 2 aromatic rings. The summed E-state index contributed by atoms with van der Waals surface area (Å²) in [4.78, 5) is 0. The van der Waals surface area contributed by atoms with Crippen LogP contribution in [0.3, 0.4) is 0 Å².